The average molecular weight is 498 g/mol. The number of rotatable bonds is 4. The second-order valence-corrected chi connectivity index (χ2v) is 9.16. The summed E-state index contributed by atoms with van der Waals surface area (Å²) in [7, 11) is 0. The van der Waals surface area contributed by atoms with Gasteiger partial charge in [0.1, 0.15) is 17.2 Å². The molecule has 0 aromatic heterocycles. The molecule has 0 saturated carbocycles. The van der Waals surface area contributed by atoms with Gasteiger partial charge in [-0.25, -0.2) is 4.99 Å². The SMILES string of the molecule is Cc1ccc(C(C)C)c(Oc2ccc(N=C3C(=O)Nc4c3cc(Br)c(Cl)c4C)cc2)c1. The monoisotopic (exact) mass is 496 g/mol. The fourth-order valence-electron chi connectivity index (χ4n) is 3.56. The number of benzene rings is 3. The molecule has 6 heteroatoms. The van der Waals surface area contributed by atoms with Gasteiger partial charge in [-0.2, -0.15) is 0 Å². The number of nitrogens with one attached hydrogen (secondary N) is 1. The summed E-state index contributed by atoms with van der Waals surface area (Å²) < 4.78 is 6.88. The molecule has 158 valence electrons. The minimum absolute atomic E-state index is 0.242. The van der Waals surface area contributed by atoms with Gasteiger partial charge in [0.15, 0.2) is 0 Å². The van der Waals surface area contributed by atoms with E-state index in [0.717, 1.165) is 38.2 Å². The molecule has 0 unspecified atom stereocenters. The smallest absolute Gasteiger partial charge is 0.275 e. The number of aryl methyl sites for hydroxylation is 1. The maximum absolute atomic E-state index is 12.5. The average Bonchev–Trinajstić information content (AvgIpc) is 3.03. The maximum atomic E-state index is 12.5. The van der Waals surface area contributed by atoms with Crippen LogP contribution in [-0.2, 0) is 4.79 Å². The Morgan fingerprint density at radius 1 is 1.06 bits per heavy atom. The first-order chi connectivity index (χ1) is 14.7. The lowest BCUT2D eigenvalue weighted by Gasteiger charge is -2.14. The fraction of sp³-hybridized carbons (Fsp3) is 0.200. The molecule has 4 nitrogen and oxygen atoms in total. The van der Waals surface area contributed by atoms with E-state index in [1.807, 2.05) is 44.2 Å². The van der Waals surface area contributed by atoms with Crippen LogP contribution >= 0.6 is 27.5 Å². The van der Waals surface area contributed by atoms with Gasteiger partial charge in [0.25, 0.3) is 5.91 Å². The lowest BCUT2D eigenvalue weighted by molar-refractivity contribution is -0.110. The summed E-state index contributed by atoms with van der Waals surface area (Å²) in [5.41, 5.74) is 5.60. The second-order valence-electron chi connectivity index (χ2n) is 7.93. The molecule has 0 fully saturated rings. The molecule has 1 amide bonds. The zero-order valence-corrected chi connectivity index (χ0v) is 20.1. The van der Waals surface area contributed by atoms with Crippen LogP contribution < -0.4 is 10.1 Å². The summed E-state index contributed by atoms with van der Waals surface area (Å²) in [5.74, 6) is 1.70. The predicted octanol–water partition coefficient (Wildman–Crippen LogP) is 7.71. The first-order valence-corrected chi connectivity index (χ1v) is 11.2. The number of hydrogen-bond acceptors (Lipinski definition) is 3. The van der Waals surface area contributed by atoms with E-state index in [-0.39, 0.29) is 5.91 Å². The van der Waals surface area contributed by atoms with Crippen molar-refractivity contribution in [3.05, 3.63) is 80.3 Å². The standard InChI is InChI=1S/C25H22BrClN2O2/c1-13(2)18-10-5-14(3)11-21(18)31-17-8-6-16(7-9-17)28-24-19-12-20(26)22(27)15(4)23(19)29-25(24)30/h5-13H,1-4H3,(H,28,29,30). The number of hydrogen-bond donors (Lipinski definition) is 1. The van der Waals surface area contributed by atoms with Crippen molar-refractivity contribution in [3.8, 4) is 11.5 Å². The number of anilines is 1. The zero-order valence-electron chi connectivity index (χ0n) is 17.7. The van der Waals surface area contributed by atoms with E-state index in [0.29, 0.717) is 28.0 Å². The van der Waals surface area contributed by atoms with Crippen LogP contribution in [0.1, 0.15) is 42.0 Å². The van der Waals surface area contributed by atoms with Crippen molar-refractivity contribution in [1.82, 2.24) is 0 Å². The minimum atomic E-state index is -0.242. The van der Waals surface area contributed by atoms with Crippen molar-refractivity contribution in [2.75, 3.05) is 5.32 Å². The molecule has 0 bridgehead atoms. The maximum Gasteiger partial charge on any atom is 0.275 e. The van der Waals surface area contributed by atoms with Crippen LogP contribution in [0.2, 0.25) is 5.02 Å². The number of carbonyl (C=O) groups excluding carboxylic acids is 1. The van der Waals surface area contributed by atoms with E-state index < -0.39 is 0 Å². The summed E-state index contributed by atoms with van der Waals surface area (Å²) in [6.07, 6.45) is 0. The van der Waals surface area contributed by atoms with Crippen LogP contribution in [0.5, 0.6) is 11.5 Å². The van der Waals surface area contributed by atoms with Gasteiger partial charge >= 0.3 is 0 Å². The molecule has 0 spiro atoms. The molecular formula is C25H22BrClN2O2. The fourth-order valence-corrected chi connectivity index (χ4v) is 4.23. The molecule has 1 aliphatic heterocycles. The molecular weight excluding hydrogens is 476 g/mol. The van der Waals surface area contributed by atoms with Crippen LogP contribution in [0.4, 0.5) is 11.4 Å². The van der Waals surface area contributed by atoms with Crippen LogP contribution in [-0.4, -0.2) is 11.6 Å². The number of nitrogens with zero attached hydrogens (tertiary/aromatic N) is 1. The lowest BCUT2D eigenvalue weighted by Crippen LogP contribution is -2.13. The van der Waals surface area contributed by atoms with Crippen LogP contribution in [0.3, 0.4) is 0 Å². The highest BCUT2D eigenvalue weighted by atomic mass is 79.9. The molecule has 1 aliphatic rings. The van der Waals surface area contributed by atoms with Crippen molar-refractivity contribution in [3.63, 3.8) is 0 Å². The summed E-state index contributed by atoms with van der Waals surface area (Å²) in [4.78, 5) is 17.1. The normalized spacial score (nSPS) is 14.2. The molecule has 4 rings (SSSR count). The highest BCUT2D eigenvalue weighted by Crippen LogP contribution is 2.38. The van der Waals surface area contributed by atoms with Gasteiger partial charge in [0.05, 0.1) is 16.4 Å². The molecule has 0 radical (unpaired) electrons. The Hall–Kier alpha value is -2.63. The Morgan fingerprint density at radius 2 is 1.77 bits per heavy atom. The number of halogens is 2. The highest BCUT2D eigenvalue weighted by Gasteiger charge is 2.29. The van der Waals surface area contributed by atoms with Crippen molar-refractivity contribution in [1.29, 1.82) is 0 Å². The molecule has 0 aliphatic carbocycles. The Bertz CT molecular complexity index is 1220. The number of amides is 1. The first kappa shape index (κ1) is 21.6. The van der Waals surface area contributed by atoms with Gasteiger partial charge in [-0.15, -0.1) is 0 Å². The van der Waals surface area contributed by atoms with E-state index in [1.54, 1.807) is 0 Å². The van der Waals surface area contributed by atoms with Crippen molar-refractivity contribution in [2.24, 2.45) is 4.99 Å². The summed E-state index contributed by atoms with van der Waals surface area (Å²) in [5, 5.41) is 3.45. The number of fused-ring (bicyclic) bond motifs is 1. The first-order valence-electron chi connectivity index (χ1n) is 10.0. The Labute approximate surface area is 195 Å². The molecule has 1 N–H and O–H groups in total. The van der Waals surface area contributed by atoms with Gasteiger partial charge in [-0.05, 0) is 88.8 Å². The van der Waals surface area contributed by atoms with Crippen LogP contribution in [0, 0.1) is 13.8 Å². The highest BCUT2D eigenvalue weighted by molar-refractivity contribution is 9.10. The lowest BCUT2D eigenvalue weighted by atomic mass is 10.0. The Morgan fingerprint density at radius 3 is 2.45 bits per heavy atom. The number of carbonyl (C=O) groups is 1. The van der Waals surface area contributed by atoms with E-state index in [4.69, 9.17) is 16.3 Å². The third kappa shape index (κ3) is 4.25. The summed E-state index contributed by atoms with van der Waals surface area (Å²) >= 11 is 9.74. The quantitative estimate of drug-likeness (QED) is 0.401. The molecule has 3 aromatic rings. The molecule has 1 heterocycles. The van der Waals surface area contributed by atoms with Crippen molar-refractivity contribution in [2.45, 2.75) is 33.6 Å². The van der Waals surface area contributed by atoms with Gasteiger partial charge < -0.3 is 10.1 Å². The Balaban J connectivity index is 1.63. The topological polar surface area (TPSA) is 50.7 Å². The summed E-state index contributed by atoms with van der Waals surface area (Å²) in [6, 6.07) is 15.5. The van der Waals surface area contributed by atoms with Gasteiger partial charge in [-0.3, -0.25) is 4.79 Å². The predicted molar refractivity (Wildman–Crippen MR) is 130 cm³/mol. The van der Waals surface area contributed by atoms with Crippen molar-refractivity contribution < 1.29 is 9.53 Å². The summed E-state index contributed by atoms with van der Waals surface area (Å²) in [6.45, 7) is 8.22. The number of aliphatic imine (C=N–C) groups is 1. The largest absolute Gasteiger partial charge is 0.457 e. The van der Waals surface area contributed by atoms with E-state index in [9.17, 15) is 4.79 Å². The van der Waals surface area contributed by atoms with E-state index >= 15 is 0 Å². The van der Waals surface area contributed by atoms with Gasteiger partial charge in [-0.1, -0.05) is 37.6 Å². The Kier molecular flexibility index (Phi) is 5.91. The van der Waals surface area contributed by atoms with E-state index in [1.165, 1.54) is 0 Å². The molecule has 0 atom stereocenters. The minimum Gasteiger partial charge on any atom is -0.457 e. The molecule has 3 aromatic carbocycles. The number of ether oxygens (including phenoxy) is 1. The third-order valence-corrected chi connectivity index (χ3v) is 6.60. The van der Waals surface area contributed by atoms with E-state index in [2.05, 4.69) is 58.3 Å². The molecule has 0 saturated heterocycles. The van der Waals surface area contributed by atoms with Gasteiger partial charge in [0.2, 0.25) is 0 Å². The van der Waals surface area contributed by atoms with Crippen LogP contribution in [0.25, 0.3) is 0 Å². The van der Waals surface area contributed by atoms with Crippen LogP contribution in [0.15, 0.2) is 58.0 Å². The molecule has 31 heavy (non-hydrogen) atoms. The zero-order chi connectivity index (χ0) is 22.3. The second kappa shape index (κ2) is 8.48. The third-order valence-electron chi connectivity index (χ3n) is 5.26. The van der Waals surface area contributed by atoms with Crippen molar-refractivity contribution >= 4 is 50.5 Å². The van der Waals surface area contributed by atoms with Gasteiger partial charge in [0, 0.05) is 10.0 Å².